The minimum absolute atomic E-state index is 0.320. The summed E-state index contributed by atoms with van der Waals surface area (Å²) in [6.45, 7) is 2.89. The lowest BCUT2D eigenvalue weighted by Gasteiger charge is -2.09. The van der Waals surface area contributed by atoms with Crippen molar-refractivity contribution in [3.63, 3.8) is 0 Å². The molecule has 1 aromatic heterocycles. The molecule has 0 aliphatic rings. The molecule has 0 aliphatic heterocycles. The van der Waals surface area contributed by atoms with Gasteiger partial charge < -0.3 is 10.4 Å². The summed E-state index contributed by atoms with van der Waals surface area (Å²) in [6.07, 6.45) is 0. The van der Waals surface area contributed by atoms with Gasteiger partial charge in [-0.25, -0.2) is 0 Å². The first-order valence-corrected chi connectivity index (χ1v) is 7.95. The monoisotopic (exact) mass is 347 g/mol. The number of hydrogen-bond acceptors (Lipinski definition) is 3. The van der Waals surface area contributed by atoms with Gasteiger partial charge >= 0.3 is 0 Å². The van der Waals surface area contributed by atoms with Crippen LogP contribution in [-0.2, 0) is 6.54 Å². The second-order valence-electron chi connectivity index (χ2n) is 4.65. The first kappa shape index (κ1) is 13.5. The molecule has 20 heavy (non-hydrogen) atoms. The fourth-order valence-corrected chi connectivity index (χ4v) is 3.78. The van der Waals surface area contributed by atoms with E-state index in [-0.39, 0.29) is 0 Å². The number of hydrogen-bond donors (Lipinski definition) is 2. The SMILES string of the molecule is Cc1sc(CNc2cccc3c(O)cccc23)cc1Br. The van der Waals surface area contributed by atoms with Crippen LogP contribution in [0.1, 0.15) is 9.75 Å². The van der Waals surface area contributed by atoms with Crippen molar-refractivity contribution in [2.24, 2.45) is 0 Å². The van der Waals surface area contributed by atoms with Gasteiger partial charge in [-0.3, -0.25) is 0 Å². The van der Waals surface area contributed by atoms with Gasteiger partial charge in [0.2, 0.25) is 0 Å². The number of phenolic OH excluding ortho intramolecular Hbond substituents is 1. The van der Waals surface area contributed by atoms with E-state index in [4.69, 9.17) is 0 Å². The summed E-state index contributed by atoms with van der Waals surface area (Å²) in [7, 11) is 0. The maximum atomic E-state index is 9.89. The molecule has 2 nitrogen and oxygen atoms in total. The Bertz CT molecular complexity index is 747. The molecule has 0 aliphatic carbocycles. The standard InChI is InChI=1S/C16H14BrNOS/c1-10-14(17)8-11(20-10)9-18-15-6-2-5-13-12(15)4-3-7-16(13)19/h2-8,18-19H,9H2,1H3. The van der Waals surface area contributed by atoms with Crippen molar-refractivity contribution in [3.05, 3.63) is 56.7 Å². The van der Waals surface area contributed by atoms with E-state index < -0.39 is 0 Å². The highest BCUT2D eigenvalue weighted by Gasteiger charge is 2.06. The number of aromatic hydroxyl groups is 1. The Hall–Kier alpha value is -1.52. The highest BCUT2D eigenvalue weighted by Crippen LogP contribution is 2.31. The maximum absolute atomic E-state index is 9.89. The number of fused-ring (bicyclic) bond motifs is 1. The molecule has 3 aromatic rings. The van der Waals surface area contributed by atoms with Gasteiger partial charge in [0.1, 0.15) is 5.75 Å². The third kappa shape index (κ3) is 2.53. The Balaban J connectivity index is 1.89. The molecular weight excluding hydrogens is 334 g/mol. The normalized spacial score (nSPS) is 10.9. The van der Waals surface area contributed by atoms with E-state index in [9.17, 15) is 5.11 Å². The van der Waals surface area contributed by atoms with Crippen molar-refractivity contribution in [2.45, 2.75) is 13.5 Å². The summed E-state index contributed by atoms with van der Waals surface area (Å²) in [5, 5.41) is 15.3. The molecule has 0 saturated carbocycles. The molecule has 0 fully saturated rings. The second kappa shape index (κ2) is 5.46. The summed E-state index contributed by atoms with van der Waals surface area (Å²) in [6, 6.07) is 13.7. The second-order valence-corrected chi connectivity index (χ2v) is 6.84. The van der Waals surface area contributed by atoms with Gasteiger partial charge in [-0.15, -0.1) is 11.3 Å². The number of anilines is 1. The van der Waals surface area contributed by atoms with Crippen molar-refractivity contribution in [1.29, 1.82) is 0 Å². The quantitative estimate of drug-likeness (QED) is 0.674. The average Bonchev–Trinajstić information content (AvgIpc) is 2.76. The fourth-order valence-electron chi connectivity index (χ4n) is 2.23. The summed E-state index contributed by atoms with van der Waals surface area (Å²) >= 11 is 5.32. The zero-order valence-electron chi connectivity index (χ0n) is 11.0. The molecule has 0 atom stereocenters. The minimum Gasteiger partial charge on any atom is -0.507 e. The third-order valence-corrected chi connectivity index (χ3v) is 5.40. The molecule has 4 heteroatoms. The van der Waals surface area contributed by atoms with Crippen LogP contribution in [0.2, 0.25) is 0 Å². The fraction of sp³-hybridized carbons (Fsp3) is 0.125. The van der Waals surface area contributed by atoms with Crippen molar-refractivity contribution < 1.29 is 5.11 Å². The predicted molar refractivity (Wildman–Crippen MR) is 89.7 cm³/mol. The van der Waals surface area contributed by atoms with Gasteiger partial charge in [0, 0.05) is 37.2 Å². The van der Waals surface area contributed by atoms with E-state index in [0.29, 0.717) is 5.75 Å². The molecule has 0 unspecified atom stereocenters. The van der Waals surface area contributed by atoms with Gasteiger partial charge in [0.15, 0.2) is 0 Å². The molecule has 2 N–H and O–H groups in total. The lowest BCUT2D eigenvalue weighted by molar-refractivity contribution is 0.481. The van der Waals surface area contributed by atoms with E-state index in [1.165, 1.54) is 9.75 Å². The number of thiophene rings is 1. The zero-order chi connectivity index (χ0) is 14.1. The molecule has 0 radical (unpaired) electrons. The van der Waals surface area contributed by atoms with Gasteiger partial charge in [-0.1, -0.05) is 24.3 Å². The summed E-state index contributed by atoms with van der Waals surface area (Å²) in [5.74, 6) is 0.320. The number of benzene rings is 2. The number of phenols is 1. The van der Waals surface area contributed by atoms with Gasteiger partial charge in [-0.05, 0) is 41.1 Å². The average molecular weight is 348 g/mol. The van der Waals surface area contributed by atoms with Crippen LogP contribution in [0.25, 0.3) is 10.8 Å². The first-order valence-electron chi connectivity index (χ1n) is 6.34. The summed E-state index contributed by atoms with van der Waals surface area (Å²) in [5.41, 5.74) is 1.04. The van der Waals surface area contributed by atoms with E-state index in [1.54, 1.807) is 17.4 Å². The Morgan fingerprint density at radius 1 is 1.15 bits per heavy atom. The van der Waals surface area contributed by atoms with Gasteiger partial charge in [0.05, 0.1) is 0 Å². The molecule has 0 bridgehead atoms. The molecule has 2 aromatic carbocycles. The first-order chi connectivity index (χ1) is 9.65. The molecule has 0 amide bonds. The largest absolute Gasteiger partial charge is 0.507 e. The molecule has 0 saturated heterocycles. The van der Waals surface area contributed by atoms with Crippen LogP contribution < -0.4 is 5.32 Å². The number of rotatable bonds is 3. The number of halogens is 1. The number of nitrogens with one attached hydrogen (secondary N) is 1. The van der Waals surface area contributed by atoms with Gasteiger partial charge in [0.25, 0.3) is 0 Å². The molecule has 3 rings (SSSR count). The van der Waals surface area contributed by atoms with E-state index >= 15 is 0 Å². The maximum Gasteiger partial charge on any atom is 0.123 e. The van der Waals surface area contributed by atoms with Gasteiger partial charge in [-0.2, -0.15) is 0 Å². The lowest BCUT2D eigenvalue weighted by Crippen LogP contribution is -1.97. The third-order valence-electron chi connectivity index (χ3n) is 3.26. The van der Waals surface area contributed by atoms with Crippen molar-refractivity contribution in [2.75, 3.05) is 5.32 Å². The summed E-state index contributed by atoms with van der Waals surface area (Å²) < 4.78 is 1.16. The highest BCUT2D eigenvalue weighted by molar-refractivity contribution is 9.10. The van der Waals surface area contributed by atoms with Crippen LogP contribution in [0.3, 0.4) is 0 Å². The van der Waals surface area contributed by atoms with Crippen LogP contribution in [0.5, 0.6) is 5.75 Å². The van der Waals surface area contributed by atoms with Crippen molar-refractivity contribution in [3.8, 4) is 5.75 Å². The van der Waals surface area contributed by atoms with Crippen molar-refractivity contribution >= 4 is 43.7 Å². The Morgan fingerprint density at radius 2 is 1.90 bits per heavy atom. The lowest BCUT2D eigenvalue weighted by atomic mass is 10.1. The molecule has 0 spiro atoms. The van der Waals surface area contributed by atoms with Crippen LogP contribution in [-0.4, -0.2) is 5.11 Å². The zero-order valence-corrected chi connectivity index (χ0v) is 13.4. The molecular formula is C16H14BrNOS. The van der Waals surface area contributed by atoms with E-state index in [0.717, 1.165) is 27.5 Å². The van der Waals surface area contributed by atoms with Crippen LogP contribution in [0, 0.1) is 6.92 Å². The van der Waals surface area contributed by atoms with Crippen LogP contribution in [0.15, 0.2) is 46.9 Å². The van der Waals surface area contributed by atoms with Crippen LogP contribution >= 0.6 is 27.3 Å². The molecule has 102 valence electrons. The Labute approximate surface area is 130 Å². The summed E-state index contributed by atoms with van der Waals surface area (Å²) in [4.78, 5) is 2.57. The highest BCUT2D eigenvalue weighted by atomic mass is 79.9. The van der Waals surface area contributed by atoms with E-state index in [1.807, 2.05) is 30.3 Å². The van der Waals surface area contributed by atoms with Crippen molar-refractivity contribution in [1.82, 2.24) is 0 Å². The Morgan fingerprint density at radius 3 is 2.65 bits per heavy atom. The van der Waals surface area contributed by atoms with Crippen LogP contribution in [0.4, 0.5) is 5.69 Å². The predicted octanol–water partition coefficient (Wildman–Crippen LogP) is 5.29. The smallest absolute Gasteiger partial charge is 0.123 e. The Kier molecular flexibility index (Phi) is 3.68. The van der Waals surface area contributed by atoms with E-state index in [2.05, 4.69) is 34.2 Å². The topological polar surface area (TPSA) is 32.3 Å². The molecule has 1 heterocycles. The minimum atomic E-state index is 0.320. The number of aryl methyl sites for hydroxylation is 1.